The highest BCUT2D eigenvalue weighted by molar-refractivity contribution is 7.98. The Hall–Kier alpha value is -2.82. The molecule has 0 amide bonds. The van der Waals surface area contributed by atoms with Gasteiger partial charge in [0.1, 0.15) is 35.5 Å². The molecule has 0 aliphatic heterocycles. The van der Waals surface area contributed by atoms with Crippen LogP contribution in [0.3, 0.4) is 0 Å². The molecule has 31 heavy (non-hydrogen) atoms. The van der Waals surface area contributed by atoms with E-state index in [-0.39, 0.29) is 12.4 Å². The van der Waals surface area contributed by atoms with Crippen LogP contribution in [-0.4, -0.2) is 19.9 Å². The molecule has 4 aromatic rings. The van der Waals surface area contributed by atoms with Gasteiger partial charge in [0.25, 0.3) is 0 Å². The number of halogens is 2. The third-order valence-corrected chi connectivity index (χ3v) is 6.14. The minimum atomic E-state index is -0.324. The van der Waals surface area contributed by atoms with Crippen molar-refractivity contribution < 1.29 is 13.9 Å². The Balaban J connectivity index is 1.27. The lowest BCUT2D eigenvalue weighted by molar-refractivity contribution is 0.291. The molecule has 7 nitrogen and oxygen atoms in total. The van der Waals surface area contributed by atoms with Gasteiger partial charge in [0, 0.05) is 16.2 Å². The maximum atomic E-state index is 13.0. The number of aromatic nitrogens is 4. The summed E-state index contributed by atoms with van der Waals surface area (Å²) >= 11 is 8.82. The molecule has 2 aromatic carbocycles. The minimum absolute atomic E-state index is 0.124. The first-order valence-electron chi connectivity index (χ1n) is 9.09. The SMILES string of the molecule is Nn1c(COc2ccc(F)cc2)nnc1SCc1csc(COc2ccc(Cl)cc2)n1. The van der Waals surface area contributed by atoms with Gasteiger partial charge in [0.05, 0.1) is 5.69 Å². The van der Waals surface area contributed by atoms with E-state index in [9.17, 15) is 4.39 Å². The highest BCUT2D eigenvalue weighted by Crippen LogP contribution is 2.23. The number of ether oxygens (including phenoxy) is 2. The standard InChI is InChI=1S/C20H17ClFN5O2S2/c21-13-1-5-16(6-2-13)29-10-19-24-15(11-30-19)12-31-20-26-25-18(27(20)23)9-28-17-7-3-14(22)4-8-17/h1-8,11H,9-10,12,23H2. The van der Waals surface area contributed by atoms with Gasteiger partial charge in [-0.1, -0.05) is 23.4 Å². The monoisotopic (exact) mass is 477 g/mol. The Morgan fingerprint density at radius 3 is 2.42 bits per heavy atom. The van der Waals surface area contributed by atoms with Crippen molar-refractivity contribution in [1.82, 2.24) is 19.9 Å². The fourth-order valence-electron chi connectivity index (χ4n) is 2.48. The van der Waals surface area contributed by atoms with Gasteiger partial charge in [-0.25, -0.2) is 14.1 Å². The molecule has 2 N–H and O–H groups in total. The summed E-state index contributed by atoms with van der Waals surface area (Å²) in [5, 5.41) is 12.2. The molecule has 11 heteroatoms. The maximum Gasteiger partial charge on any atom is 0.210 e. The fraction of sp³-hybridized carbons (Fsp3) is 0.150. The van der Waals surface area contributed by atoms with Crippen LogP contribution in [-0.2, 0) is 19.0 Å². The number of nitrogens with zero attached hydrogens (tertiary/aromatic N) is 4. The molecule has 0 aliphatic rings. The predicted octanol–water partition coefficient (Wildman–Crippen LogP) is 4.69. The van der Waals surface area contributed by atoms with Crippen molar-refractivity contribution in [1.29, 1.82) is 0 Å². The lowest BCUT2D eigenvalue weighted by Crippen LogP contribution is -2.15. The lowest BCUT2D eigenvalue weighted by Gasteiger charge is -2.06. The third kappa shape index (κ3) is 5.87. The summed E-state index contributed by atoms with van der Waals surface area (Å²) in [7, 11) is 0. The van der Waals surface area contributed by atoms with Crippen molar-refractivity contribution in [2.45, 2.75) is 24.1 Å². The van der Waals surface area contributed by atoms with Crippen molar-refractivity contribution in [2.75, 3.05) is 5.84 Å². The van der Waals surface area contributed by atoms with E-state index in [4.69, 9.17) is 26.9 Å². The molecule has 0 spiro atoms. The minimum Gasteiger partial charge on any atom is -0.486 e. The van der Waals surface area contributed by atoms with E-state index in [1.807, 2.05) is 17.5 Å². The van der Waals surface area contributed by atoms with E-state index < -0.39 is 0 Å². The maximum absolute atomic E-state index is 13.0. The van der Waals surface area contributed by atoms with Crippen LogP contribution < -0.4 is 15.3 Å². The third-order valence-electron chi connectivity index (χ3n) is 4.04. The highest BCUT2D eigenvalue weighted by atomic mass is 35.5. The number of hydrogen-bond acceptors (Lipinski definition) is 8. The molecule has 4 rings (SSSR count). The van der Waals surface area contributed by atoms with Crippen LogP contribution in [0.1, 0.15) is 16.5 Å². The van der Waals surface area contributed by atoms with Crippen LogP contribution in [0, 0.1) is 5.82 Å². The zero-order chi connectivity index (χ0) is 21.6. The molecular formula is C20H17ClFN5O2S2. The van der Waals surface area contributed by atoms with Gasteiger partial charge in [0.2, 0.25) is 5.16 Å². The number of nitrogens with two attached hydrogens (primary N) is 1. The largest absolute Gasteiger partial charge is 0.486 e. The van der Waals surface area contributed by atoms with Gasteiger partial charge in [0.15, 0.2) is 5.82 Å². The molecule has 0 saturated carbocycles. The van der Waals surface area contributed by atoms with E-state index >= 15 is 0 Å². The molecule has 0 bridgehead atoms. The summed E-state index contributed by atoms with van der Waals surface area (Å²) < 4.78 is 25.6. The first-order chi connectivity index (χ1) is 15.1. The average molecular weight is 478 g/mol. The number of benzene rings is 2. The summed E-state index contributed by atoms with van der Waals surface area (Å²) in [6.07, 6.45) is 0. The Morgan fingerprint density at radius 1 is 1.00 bits per heavy atom. The van der Waals surface area contributed by atoms with E-state index in [0.717, 1.165) is 16.5 Å². The van der Waals surface area contributed by atoms with Crippen molar-refractivity contribution in [2.24, 2.45) is 0 Å². The molecule has 0 saturated heterocycles. The number of hydrogen-bond donors (Lipinski definition) is 1. The lowest BCUT2D eigenvalue weighted by atomic mass is 10.3. The van der Waals surface area contributed by atoms with E-state index in [1.54, 1.807) is 24.3 Å². The summed E-state index contributed by atoms with van der Waals surface area (Å²) in [4.78, 5) is 4.57. The first-order valence-corrected chi connectivity index (χ1v) is 11.3. The second-order valence-corrected chi connectivity index (χ2v) is 8.60. The smallest absolute Gasteiger partial charge is 0.210 e. The van der Waals surface area contributed by atoms with Gasteiger partial charge in [-0.3, -0.25) is 0 Å². The fourth-order valence-corrected chi connectivity index (χ4v) is 4.18. The average Bonchev–Trinajstić information content (AvgIpc) is 3.38. The quantitative estimate of drug-likeness (QED) is 0.276. The molecular weight excluding hydrogens is 461 g/mol. The zero-order valence-corrected chi connectivity index (χ0v) is 18.5. The summed E-state index contributed by atoms with van der Waals surface area (Å²) in [6.45, 7) is 0.507. The molecule has 160 valence electrons. The molecule has 0 atom stereocenters. The van der Waals surface area contributed by atoms with Crippen molar-refractivity contribution in [3.05, 3.63) is 81.3 Å². The van der Waals surface area contributed by atoms with Gasteiger partial charge < -0.3 is 15.3 Å². The van der Waals surface area contributed by atoms with E-state index in [0.29, 0.717) is 34.1 Å². The highest BCUT2D eigenvalue weighted by Gasteiger charge is 2.12. The number of thioether (sulfide) groups is 1. The number of thiazole rings is 1. The van der Waals surface area contributed by atoms with Crippen LogP contribution in [0.4, 0.5) is 4.39 Å². The molecule has 0 radical (unpaired) electrons. The van der Waals surface area contributed by atoms with Crippen molar-refractivity contribution in [3.8, 4) is 11.5 Å². The zero-order valence-electron chi connectivity index (χ0n) is 16.1. The van der Waals surface area contributed by atoms with Gasteiger partial charge in [-0.15, -0.1) is 21.5 Å². The van der Waals surface area contributed by atoms with Gasteiger partial charge in [-0.05, 0) is 48.5 Å². The summed E-state index contributed by atoms with van der Waals surface area (Å²) in [5.41, 5.74) is 0.900. The van der Waals surface area contributed by atoms with Crippen LogP contribution in [0.5, 0.6) is 11.5 Å². The topological polar surface area (TPSA) is 88.1 Å². The van der Waals surface area contributed by atoms with Crippen molar-refractivity contribution in [3.63, 3.8) is 0 Å². The molecule has 0 aliphatic carbocycles. The van der Waals surface area contributed by atoms with E-state index in [2.05, 4.69) is 15.2 Å². The van der Waals surface area contributed by atoms with Crippen molar-refractivity contribution >= 4 is 34.7 Å². The summed E-state index contributed by atoms with van der Waals surface area (Å²) in [6, 6.07) is 12.9. The summed E-state index contributed by atoms with van der Waals surface area (Å²) in [5.74, 6) is 8.05. The Morgan fingerprint density at radius 2 is 1.68 bits per heavy atom. The second-order valence-electron chi connectivity index (χ2n) is 6.28. The first kappa shape index (κ1) is 21.4. The number of rotatable bonds is 9. The Labute approximate surface area is 191 Å². The normalized spacial score (nSPS) is 10.9. The number of nitrogen functional groups attached to an aromatic ring is 1. The molecule has 0 unspecified atom stereocenters. The predicted molar refractivity (Wildman–Crippen MR) is 118 cm³/mol. The van der Waals surface area contributed by atoms with Crippen LogP contribution >= 0.6 is 34.7 Å². The van der Waals surface area contributed by atoms with Crippen LogP contribution in [0.15, 0.2) is 59.1 Å². The van der Waals surface area contributed by atoms with Gasteiger partial charge >= 0.3 is 0 Å². The van der Waals surface area contributed by atoms with E-state index in [1.165, 1.54) is 39.9 Å². The molecule has 0 fully saturated rings. The Kier molecular flexibility index (Phi) is 6.90. The molecule has 2 aromatic heterocycles. The van der Waals surface area contributed by atoms with Gasteiger partial charge in [-0.2, -0.15) is 0 Å². The molecule has 2 heterocycles. The van der Waals surface area contributed by atoms with Crippen LogP contribution in [0.2, 0.25) is 5.02 Å². The Bertz CT molecular complexity index is 1140. The van der Waals surface area contributed by atoms with Crippen LogP contribution in [0.25, 0.3) is 0 Å². The second kappa shape index (κ2) is 9.99.